The van der Waals surface area contributed by atoms with Gasteiger partial charge in [-0.2, -0.15) is 0 Å². The number of hydrogen-bond donors (Lipinski definition) is 1. The first kappa shape index (κ1) is 19.2. The monoisotopic (exact) mass is 428 g/mol. The molecule has 1 N–H and O–H groups in total. The van der Waals surface area contributed by atoms with E-state index >= 15 is 0 Å². The molecule has 11 heteroatoms. The molecule has 0 atom stereocenters. The molecule has 4 rings (SSSR count). The zero-order valence-corrected chi connectivity index (χ0v) is 16.4. The van der Waals surface area contributed by atoms with Crippen molar-refractivity contribution in [1.82, 2.24) is 30.7 Å². The molecule has 0 spiro atoms. The van der Waals surface area contributed by atoms with Crippen LogP contribution in [-0.2, 0) is 12.3 Å². The van der Waals surface area contributed by atoms with Crippen molar-refractivity contribution < 1.29 is 13.6 Å². The van der Waals surface area contributed by atoms with Crippen molar-refractivity contribution >= 4 is 29.0 Å². The van der Waals surface area contributed by atoms with E-state index in [-0.39, 0.29) is 23.3 Å². The second-order valence-corrected chi connectivity index (χ2v) is 7.70. The van der Waals surface area contributed by atoms with Gasteiger partial charge in [-0.25, -0.2) is 4.39 Å². The van der Waals surface area contributed by atoms with Crippen molar-refractivity contribution in [3.05, 3.63) is 70.2 Å². The fourth-order valence-electron chi connectivity index (χ4n) is 2.26. The average molecular weight is 428 g/mol. The van der Waals surface area contributed by atoms with E-state index in [4.69, 9.17) is 4.42 Å². The van der Waals surface area contributed by atoms with Gasteiger partial charge in [0.15, 0.2) is 0 Å². The van der Waals surface area contributed by atoms with Crippen LogP contribution < -0.4 is 5.32 Å². The van der Waals surface area contributed by atoms with Gasteiger partial charge in [-0.1, -0.05) is 35.2 Å². The minimum Gasteiger partial charge on any atom is -0.411 e. The SMILES string of the molecule is O=C(NCc1ccc(F)cc1)c1nnc(CSc2nnc(-c3cccnc3)o2)s1. The molecule has 8 nitrogen and oxygen atoms in total. The van der Waals surface area contributed by atoms with E-state index in [1.165, 1.54) is 35.2 Å². The molecular formula is C18H13FN6O2S2. The van der Waals surface area contributed by atoms with Gasteiger partial charge in [0.25, 0.3) is 11.1 Å². The number of amides is 1. The summed E-state index contributed by atoms with van der Waals surface area (Å²) in [6, 6.07) is 9.54. The third-order valence-electron chi connectivity index (χ3n) is 3.66. The van der Waals surface area contributed by atoms with Crippen LogP contribution in [0.5, 0.6) is 0 Å². The number of nitrogens with one attached hydrogen (secondary N) is 1. The predicted molar refractivity (Wildman–Crippen MR) is 105 cm³/mol. The van der Waals surface area contributed by atoms with Gasteiger partial charge >= 0.3 is 0 Å². The second kappa shape index (κ2) is 8.88. The zero-order valence-electron chi connectivity index (χ0n) is 14.8. The van der Waals surface area contributed by atoms with Crippen molar-refractivity contribution in [2.45, 2.75) is 17.5 Å². The highest BCUT2D eigenvalue weighted by Gasteiger charge is 2.15. The number of rotatable bonds is 7. The van der Waals surface area contributed by atoms with Crippen molar-refractivity contribution in [2.24, 2.45) is 0 Å². The van der Waals surface area contributed by atoms with Gasteiger partial charge in [-0.3, -0.25) is 9.78 Å². The summed E-state index contributed by atoms with van der Waals surface area (Å²) in [5.41, 5.74) is 1.53. The van der Waals surface area contributed by atoms with Crippen LogP contribution in [0, 0.1) is 5.82 Å². The number of carbonyl (C=O) groups is 1. The average Bonchev–Trinajstić information content (AvgIpc) is 3.42. The summed E-state index contributed by atoms with van der Waals surface area (Å²) in [6.07, 6.45) is 3.31. The summed E-state index contributed by atoms with van der Waals surface area (Å²) in [7, 11) is 0. The number of nitrogens with zero attached hydrogens (tertiary/aromatic N) is 5. The first-order valence-corrected chi connectivity index (χ1v) is 10.2. The highest BCUT2D eigenvalue weighted by atomic mass is 32.2. The molecule has 0 saturated carbocycles. The maximum absolute atomic E-state index is 12.9. The number of aromatic nitrogens is 5. The molecule has 0 unspecified atom stereocenters. The van der Waals surface area contributed by atoms with E-state index < -0.39 is 0 Å². The quantitative estimate of drug-likeness (QED) is 0.447. The summed E-state index contributed by atoms with van der Waals surface area (Å²) in [4.78, 5) is 16.2. The summed E-state index contributed by atoms with van der Waals surface area (Å²) >= 11 is 2.49. The highest BCUT2D eigenvalue weighted by Crippen LogP contribution is 2.26. The first-order valence-electron chi connectivity index (χ1n) is 8.39. The summed E-state index contributed by atoms with van der Waals surface area (Å²) < 4.78 is 18.5. The molecule has 0 radical (unpaired) electrons. The van der Waals surface area contributed by atoms with Crippen LogP contribution in [0.1, 0.15) is 20.4 Å². The van der Waals surface area contributed by atoms with E-state index in [1.807, 2.05) is 6.07 Å². The molecule has 4 aromatic rings. The predicted octanol–water partition coefficient (Wildman–Crippen LogP) is 3.34. The van der Waals surface area contributed by atoms with Gasteiger partial charge in [0.2, 0.25) is 10.9 Å². The number of thioether (sulfide) groups is 1. The van der Waals surface area contributed by atoms with Crippen LogP contribution in [0.15, 0.2) is 58.4 Å². The lowest BCUT2D eigenvalue weighted by molar-refractivity contribution is 0.0950. The van der Waals surface area contributed by atoms with Crippen LogP contribution in [0.25, 0.3) is 11.5 Å². The number of carbonyl (C=O) groups excluding carboxylic acids is 1. The number of hydrogen-bond acceptors (Lipinski definition) is 9. The van der Waals surface area contributed by atoms with Crippen molar-refractivity contribution in [3.63, 3.8) is 0 Å². The molecular weight excluding hydrogens is 415 g/mol. The minimum atomic E-state index is -0.334. The first-order chi connectivity index (χ1) is 14.2. The van der Waals surface area contributed by atoms with E-state index in [9.17, 15) is 9.18 Å². The largest absolute Gasteiger partial charge is 0.411 e. The van der Waals surface area contributed by atoms with Crippen molar-refractivity contribution in [3.8, 4) is 11.5 Å². The molecule has 0 aliphatic heterocycles. The fraction of sp³-hybridized carbons (Fsp3) is 0.111. The Hall–Kier alpha value is -3.18. The molecule has 0 aliphatic rings. The topological polar surface area (TPSA) is 107 Å². The Morgan fingerprint density at radius 2 is 2.00 bits per heavy atom. The Labute approximate surface area is 172 Å². The zero-order chi connectivity index (χ0) is 20.1. The number of pyridine rings is 1. The maximum atomic E-state index is 12.9. The molecule has 0 saturated heterocycles. The van der Waals surface area contributed by atoms with Gasteiger partial charge in [-0.05, 0) is 29.8 Å². The van der Waals surface area contributed by atoms with Crippen LogP contribution in [-0.4, -0.2) is 31.3 Å². The maximum Gasteiger partial charge on any atom is 0.282 e. The smallest absolute Gasteiger partial charge is 0.282 e. The Bertz CT molecular complexity index is 1100. The van der Waals surface area contributed by atoms with E-state index in [0.29, 0.717) is 21.9 Å². The molecule has 146 valence electrons. The summed E-state index contributed by atoms with van der Waals surface area (Å²) in [6.45, 7) is 0.280. The van der Waals surface area contributed by atoms with Gasteiger partial charge < -0.3 is 9.73 Å². The van der Waals surface area contributed by atoms with Crippen LogP contribution in [0.4, 0.5) is 4.39 Å². The number of halogens is 1. The third-order valence-corrected chi connectivity index (χ3v) is 5.60. The van der Waals surface area contributed by atoms with Crippen molar-refractivity contribution in [1.29, 1.82) is 0 Å². The third kappa shape index (κ3) is 5.00. The second-order valence-electron chi connectivity index (χ2n) is 5.71. The lowest BCUT2D eigenvalue weighted by Gasteiger charge is -2.02. The van der Waals surface area contributed by atoms with Crippen LogP contribution >= 0.6 is 23.1 Å². The molecule has 0 bridgehead atoms. The van der Waals surface area contributed by atoms with Crippen molar-refractivity contribution in [2.75, 3.05) is 0 Å². The van der Waals surface area contributed by atoms with Crippen LogP contribution in [0.3, 0.4) is 0 Å². The molecule has 0 aliphatic carbocycles. The summed E-state index contributed by atoms with van der Waals surface area (Å²) in [5, 5.41) is 20.0. The minimum absolute atomic E-state index is 0.254. The van der Waals surface area contributed by atoms with Gasteiger partial charge in [0.1, 0.15) is 10.8 Å². The molecule has 29 heavy (non-hydrogen) atoms. The Morgan fingerprint density at radius 3 is 2.79 bits per heavy atom. The standard InChI is InChI=1S/C18H13FN6O2S2/c19-13-5-3-11(4-6-13)8-21-15(26)17-24-22-14(29-17)10-28-18-25-23-16(27-18)12-2-1-7-20-9-12/h1-7,9H,8,10H2,(H,21,26). The normalized spacial score (nSPS) is 10.8. The highest BCUT2D eigenvalue weighted by molar-refractivity contribution is 7.98. The van der Waals surface area contributed by atoms with Gasteiger partial charge in [-0.15, -0.1) is 20.4 Å². The molecule has 1 amide bonds. The number of benzene rings is 1. The Kier molecular flexibility index (Phi) is 5.86. The lowest BCUT2D eigenvalue weighted by Crippen LogP contribution is -2.22. The summed E-state index contributed by atoms with van der Waals surface area (Å²) in [5.74, 6) is 0.177. The van der Waals surface area contributed by atoms with E-state index in [0.717, 1.165) is 11.1 Å². The van der Waals surface area contributed by atoms with Crippen LogP contribution in [0.2, 0.25) is 0 Å². The van der Waals surface area contributed by atoms with E-state index in [1.54, 1.807) is 30.6 Å². The lowest BCUT2D eigenvalue weighted by atomic mass is 10.2. The Balaban J connectivity index is 1.30. The molecule has 3 aromatic heterocycles. The Morgan fingerprint density at radius 1 is 1.14 bits per heavy atom. The van der Waals surface area contributed by atoms with Gasteiger partial charge in [0, 0.05) is 18.9 Å². The molecule has 3 heterocycles. The van der Waals surface area contributed by atoms with E-state index in [2.05, 4.69) is 30.7 Å². The molecule has 1 aromatic carbocycles. The fourth-order valence-corrected chi connectivity index (χ4v) is 3.77. The van der Waals surface area contributed by atoms with Gasteiger partial charge in [0.05, 0.1) is 11.3 Å². The molecule has 0 fully saturated rings.